The highest BCUT2D eigenvalue weighted by Crippen LogP contribution is 2.37. The van der Waals surface area contributed by atoms with Crippen molar-refractivity contribution >= 4 is 18.0 Å². The molecule has 154 valence electrons. The molecule has 0 radical (unpaired) electrons. The van der Waals surface area contributed by atoms with Crippen LogP contribution in [-0.2, 0) is 25.6 Å². The van der Waals surface area contributed by atoms with Gasteiger partial charge in [-0.3, -0.25) is 9.59 Å². The zero-order valence-electron chi connectivity index (χ0n) is 16.6. The van der Waals surface area contributed by atoms with Crippen LogP contribution in [0.3, 0.4) is 0 Å². The second-order valence-electron chi connectivity index (χ2n) is 6.69. The lowest BCUT2D eigenvalue weighted by Gasteiger charge is -2.27. The van der Waals surface area contributed by atoms with Crippen molar-refractivity contribution in [2.24, 2.45) is 0 Å². The molecule has 0 spiro atoms. The van der Waals surface area contributed by atoms with E-state index in [1.165, 1.54) is 12.0 Å². The maximum Gasteiger partial charge on any atom is 0.408 e. The molecule has 2 rings (SSSR count). The van der Waals surface area contributed by atoms with Gasteiger partial charge >= 0.3 is 12.1 Å². The predicted molar refractivity (Wildman–Crippen MR) is 109 cm³/mol. The molecule has 1 aromatic rings. The van der Waals surface area contributed by atoms with Gasteiger partial charge in [-0.1, -0.05) is 61.7 Å². The molecule has 7 nitrogen and oxygen atoms in total. The number of nitrogens with one attached hydrogen (secondary N) is 1. The first-order valence-electron chi connectivity index (χ1n) is 9.23. The molecule has 0 bridgehead atoms. The minimum absolute atomic E-state index is 0.0154. The van der Waals surface area contributed by atoms with Crippen LogP contribution < -0.4 is 5.32 Å². The molecule has 1 aliphatic carbocycles. The van der Waals surface area contributed by atoms with Crippen LogP contribution in [0, 0.1) is 0 Å². The summed E-state index contributed by atoms with van der Waals surface area (Å²) < 4.78 is 9.89. The lowest BCUT2D eigenvalue weighted by atomic mass is 10.1. The van der Waals surface area contributed by atoms with Gasteiger partial charge in [-0.25, -0.2) is 4.79 Å². The molecule has 29 heavy (non-hydrogen) atoms. The first-order chi connectivity index (χ1) is 13.9. The van der Waals surface area contributed by atoms with Crippen molar-refractivity contribution in [1.82, 2.24) is 10.2 Å². The van der Waals surface area contributed by atoms with Gasteiger partial charge in [0, 0.05) is 6.54 Å². The summed E-state index contributed by atoms with van der Waals surface area (Å²) in [4.78, 5) is 38.5. The number of alkyl carbamates (subject to hydrolysis) is 1. The van der Waals surface area contributed by atoms with E-state index in [0.29, 0.717) is 18.4 Å². The number of hydrogen-bond donors (Lipinski definition) is 1. The van der Waals surface area contributed by atoms with Crippen molar-refractivity contribution in [2.45, 2.75) is 24.9 Å². The lowest BCUT2D eigenvalue weighted by molar-refractivity contribution is -0.148. The van der Waals surface area contributed by atoms with Crippen LogP contribution in [0.25, 0.3) is 0 Å². The third-order valence-electron chi connectivity index (χ3n) is 4.52. The van der Waals surface area contributed by atoms with Crippen molar-refractivity contribution in [2.75, 3.05) is 20.3 Å². The second kappa shape index (κ2) is 10.3. The quantitative estimate of drug-likeness (QED) is 0.484. The van der Waals surface area contributed by atoms with Gasteiger partial charge in [0.15, 0.2) is 0 Å². The zero-order valence-corrected chi connectivity index (χ0v) is 16.6. The average Bonchev–Trinajstić information content (AvgIpc) is 3.51. The third-order valence-corrected chi connectivity index (χ3v) is 4.52. The summed E-state index contributed by atoms with van der Waals surface area (Å²) in [5.41, 5.74) is 0.493. The number of amides is 2. The van der Waals surface area contributed by atoms with Crippen molar-refractivity contribution in [1.29, 1.82) is 0 Å². The van der Waals surface area contributed by atoms with Crippen LogP contribution in [0.1, 0.15) is 18.4 Å². The Kier molecular flexibility index (Phi) is 7.77. The van der Waals surface area contributed by atoms with E-state index in [1.807, 2.05) is 30.3 Å². The monoisotopic (exact) mass is 398 g/mol. The van der Waals surface area contributed by atoms with E-state index in [2.05, 4.69) is 18.5 Å². The number of nitrogens with zero attached hydrogens (tertiary/aromatic N) is 1. The zero-order chi connectivity index (χ0) is 21.3. The maximum atomic E-state index is 13.1. The Labute approximate surface area is 170 Å². The van der Waals surface area contributed by atoms with Gasteiger partial charge in [-0.15, -0.1) is 0 Å². The molecule has 0 aromatic heterocycles. The first kappa shape index (κ1) is 21.9. The number of carbonyl (C=O) groups excluding carboxylic acids is 3. The van der Waals surface area contributed by atoms with Gasteiger partial charge in [0.05, 0.1) is 7.11 Å². The number of benzene rings is 1. The summed E-state index contributed by atoms with van der Waals surface area (Å²) in [5, 5.41) is 2.65. The predicted octanol–water partition coefficient (Wildman–Crippen LogP) is 2.75. The van der Waals surface area contributed by atoms with Crippen molar-refractivity contribution in [3.63, 3.8) is 0 Å². The van der Waals surface area contributed by atoms with Gasteiger partial charge in [0.25, 0.3) is 0 Å². The summed E-state index contributed by atoms with van der Waals surface area (Å²) in [6.07, 6.45) is 5.05. The molecule has 0 aliphatic heterocycles. The number of methoxy groups -OCH3 is 1. The molecule has 0 unspecified atom stereocenters. The third kappa shape index (κ3) is 6.34. The van der Waals surface area contributed by atoms with Crippen LogP contribution in [-0.4, -0.2) is 48.7 Å². The van der Waals surface area contributed by atoms with E-state index in [4.69, 9.17) is 9.47 Å². The number of hydrogen-bond acceptors (Lipinski definition) is 5. The fraction of sp³-hybridized carbons (Fsp3) is 0.318. The molecule has 1 aromatic carbocycles. The van der Waals surface area contributed by atoms with E-state index in [9.17, 15) is 14.4 Å². The van der Waals surface area contributed by atoms with Crippen molar-refractivity contribution in [3.8, 4) is 0 Å². The Balaban J connectivity index is 2.05. The molecule has 0 atom stereocenters. The van der Waals surface area contributed by atoms with Gasteiger partial charge < -0.3 is 19.7 Å². The molecule has 7 heteroatoms. The van der Waals surface area contributed by atoms with Gasteiger partial charge in [-0.2, -0.15) is 0 Å². The van der Waals surface area contributed by atoms with E-state index >= 15 is 0 Å². The van der Waals surface area contributed by atoms with E-state index < -0.39 is 17.6 Å². The topological polar surface area (TPSA) is 84.9 Å². The number of ether oxygens (including phenoxy) is 2. The fourth-order valence-corrected chi connectivity index (χ4v) is 2.75. The standard InChI is InChI=1S/C22H26N2O5/c1-4-9-17(5-2)16-29-21(27)23-22(12-13-22)20(26)24(15-19(25)28-3)14-18-10-7-6-8-11-18/h4-11H,1-2,12-16H2,3H3,(H,23,27)/b17-9+. The van der Waals surface area contributed by atoms with Crippen molar-refractivity contribution < 1.29 is 23.9 Å². The summed E-state index contributed by atoms with van der Waals surface area (Å²) in [6.45, 7) is 7.27. The molecule has 1 aliphatic rings. The summed E-state index contributed by atoms with van der Waals surface area (Å²) in [5.74, 6) is -0.868. The summed E-state index contributed by atoms with van der Waals surface area (Å²) >= 11 is 0. The van der Waals surface area contributed by atoms with Crippen LogP contribution in [0.4, 0.5) is 4.79 Å². The average molecular weight is 398 g/mol. The summed E-state index contributed by atoms with van der Waals surface area (Å²) in [6, 6.07) is 9.30. The second-order valence-corrected chi connectivity index (χ2v) is 6.69. The highest BCUT2D eigenvalue weighted by Gasteiger charge is 2.53. The molecule has 1 N–H and O–H groups in total. The Hall–Kier alpha value is -3.35. The fourth-order valence-electron chi connectivity index (χ4n) is 2.75. The molecule has 0 saturated heterocycles. The molecular formula is C22H26N2O5. The first-order valence-corrected chi connectivity index (χ1v) is 9.23. The summed E-state index contributed by atoms with van der Waals surface area (Å²) in [7, 11) is 1.27. The Bertz CT molecular complexity index is 797. The van der Waals surface area contributed by atoms with E-state index in [1.54, 1.807) is 18.2 Å². The van der Waals surface area contributed by atoms with Gasteiger partial charge in [0.2, 0.25) is 5.91 Å². The highest BCUT2D eigenvalue weighted by atomic mass is 16.5. The SMILES string of the molecule is C=C/C=C(\C=C)COC(=O)NC1(C(=O)N(CC(=O)OC)Cc2ccccc2)CC1. The van der Waals surface area contributed by atoms with Gasteiger partial charge in [-0.05, 0) is 24.0 Å². The maximum absolute atomic E-state index is 13.1. The normalized spacial score (nSPS) is 14.3. The molecule has 0 heterocycles. The van der Waals surface area contributed by atoms with Crippen molar-refractivity contribution in [3.05, 3.63) is 72.9 Å². The Morgan fingerprint density at radius 2 is 1.90 bits per heavy atom. The largest absolute Gasteiger partial charge is 0.468 e. The van der Waals surface area contributed by atoms with Gasteiger partial charge in [0.1, 0.15) is 18.7 Å². The number of esters is 1. The lowest BCUT2D eigenvalue weighted by Crippen LogP contribution is -2.51. The minimum Gasteiger partial charge on any atom is -0.468 e. The number of allylic oxidation sites excluding steroid dienone is 2. The molecule has 1 fully saturated rings. The molecule has 2 amide bonds. The van der Waals surface area contributed by atoms with Crippen LogP contribution >= 0.6 is 0 Å². The smallest absolute Gasteiger partial charge is 0.408 e. The van der Waals surface area contributed by atoms with Crippen LogP contribution in [0.15, 0.2) is 67.3 Å². The highest BCUT2D eigenvalue weighted by molar-refractivity contribution is 5.94. The van der Waals surface area contributed by atoms with E-state index in [-0.39, 0.29) is 25.6 Å². The van der Waals surface area contributed by atoms with Crippen LogP contribution in [0.2, 0.25) is 0 Å². The molecular weight excluding hydrogens is 372 g/mol. The molecule has 1 saturated carbocycles. The Morgan fingerprint density at radius 1 is 1.21 bits per heavy atom. The Morgan fingerprint density at radius 3 is 2.45 bits per heavy atom. The number of carbonyl (C=O) groups is 3. The minimum atomic E-state index is -1.06. The number of rotatable bonds is 10. The van der Waals surface area contributed by atoms with E-state index in [0.717, 1.165) is 5.56 Å². The van der Waals surface area contributed by atoms with Crippen LogP contribution in [0.5, 0.6) is 0 Å².